The van der Waals surface area contributed by atoms with E-state index in [0.717, 1.165) is 14.7 Å². The maximum atomic E-state index is 12.2. The van der Waals surface area contributed by atoms with Crippen LogP contribution < -0.4 is 14.2 Å². The summed E-state index contributed by atoms with van der Waals surface area (Å²) in [5.41, 5.74) is -1.78. The monoisotopic (exact) mass is 952 g/mol. The Labute approximate surface area is 360 Å². The number of halogens is 9. The molecule has 0 saturated carbocycles. The molecule has 0 N–H and O–H groups in total. The van der Waals surface area contributed by atoms with E-state index < -0.39 is 79.0 Å². The fourth-order valence-corrected chi connectivity index (χ4v) is 6.96. The molecule has 3 rings (SSSR count). The average molecular weight is 953 g/mol. The molecule has 12 nitrogen and oxygen atoms in total. The zero-order valence-corrected chi connectivity index (χ0v) is 36.8. The van der Waals surface area contributed by atoms with Crippen molar-refractivity contribution in [2.45, 2.75) is 117 Å². The summed E-state index contributed by atoms with van der Waals surface area (Å²) < 4.78 is 168. The molecule has 0 radical (unpaired) electrons. The van der Waals surface area contributed by atoms with Gasteiger partial charge in [0.1, 0.15) is 34.1 Å². The molecule has 0 atom stereocenters. The van der Waals surface area contributed by atoms with Crippen molar-refractivity contribution in [2.24, 2.45) is 0 Å². The Kier molecular flexibility index (Phi) is 17.5. The zero-order valence-electron chi connectivity index (χ0n) is 35.2. The van der Waals surface area contributed by atoms with E-state index in [4.69, 9.17) is 28.4 Å². The van der Waals surface area contributed by atoms with Gasteiger partial charge in [0.05, 0.1) is 10.9 Å². The molecule has 0 unspecified atom stereocenters. The van der Waals surface area contributed by atoms with Crippen LogP contribution in [0.4, 0.5) is 39.5 Å². The van der Waals surface area contributed by atoms with Gasteiger partial charge in [-0.05, 0) is 135 Å². The first-order chi connectivity index (χ1) is 28.4. The molecular weight excluding hydrogens is 908 g/mol. The molecule has 0 spiro atoms. The lowest BCUT2D eigenvalue weighted by Crippen LogP contribution is -2.63. The van der Waals surface area contributed by atoms with Gasteiger partial charge in [-0.1, -0.05) is 0 Å². The van der Waals surface area contributed by atoms with Crippen LogP contribution in [0.25, 0.3) is 0 Å². The van der Waals surface area contributed by atoms with E-state index in [9.17, 15) is 66.9 Å². The third-order valence-electron chi connectivity index (χ3n) is 6.94. The van der Waals surface area contributed by atoms with E-state index in [-0.39, 0.29) is 19.8 Å². The van der Waals surface area contributed by atoms with Crippen LogP contribution in [-0.2, 0) is 49.6 Å². The Morgan fingerprint density at radius 1 is 0.476 bits per heavy atom. The largest absolute Gasteiger partial charge is 0.743 e. The highest BCUT2D eigenvalue weighted by Crippen LogP contribution is 2.54. The minimum Gasteiger partial charge on any atom is -0.743 e. The minimum absolute atomic E-state index is 0.197. The summed E-state index contributed by atoms with van der Waals surface area (Å²) >= 11 is 0. The molecule has 0 aliphatic rings. The highest BCUT2D eigenvalue weighted by molar-refractivity contribution is 7.97. The number of alkyl halides is 9. The second kappa shape index (κ2) is 20.3. The normalized spacial score (nSPS) is 13.0. The Morgan fingerprint density at radius 2 is 0.714 bits per heavy atom. The number of rotatable bonds is 15. The molecule has 0 aromatic heterocycles. The van der Waals surface area contributed by atoms with E-state index in [1.54, 1.807) is 62.3 Å². The third-order valence-corrected chi connectivity index (χ3v) is 10.1. The molecule has 0 saturated heterocycles. The first-order valence-electron chi connectivity index (χ1n) is 18.1. The molecule has 0 fully saturated rings. The van der Waals surface area contributed by atoms with Crippen molar-refractivity contribution >= 4 is 38.9 Å². The Hall–Kier alpha value is -4.90. The standard InChI is InChI=1S/C36H45O9S.C4HF9O3S/c1-34(2,3)43-31(37)22-40-25-10-16-28(17-11-25)46(29-18-12-26(13-19-29)41-23-32(38)44-35(4,5)6)30-20-14-27(15-21-30)42-24-33(39)45-36(7,8)9;5-1(6,3(9,10)11)2(7,8)4(12,13)17(14,15)16/h10-21H,22-24H2,1-9H3;(H,14,15,16)/q+1;/p-1. The van der Waals surface area contributed by atoms with Crippen LogP contribution >= 0.6 is 0 Å². The molecule has 0 aliphatic carbocycles. The predicted octanol–water partition coefficient (Wildman–Crippen LogP) is 8.90. The van der Waals surface area contributed by atoms with Gasteiger partial charge >= 0.3 is 41.2 Å². The van der Waals surface area contributed by atoms with Crippen LogP contribution in [-0.4, -0.2) is 90.8 Å². The summed E-state index contributed by atoms with van der Waals surface area (Å²) in [5.74, 6) is -14.5. The fourth-order valence-electron chi connectivity index (χ4n) is 4.48. The number of hydrogen-bond donors (Lipinski definition) is 0. The molecule has 3 aromatic rings. The van der Waals surface area contributed by atoms with Gasteiger partial charge in [-0.2, -0.15) is 39.5 Å². The maximum Gasteiger partial charge on any atom is 0.460 e. The van der Waals surface area contributed by atoms with Gasteiger partial charge in [0.15, 0.2) is 44.6 Å². The summed E-state index contributed by atoms with van der Waals surface area (Å²) in [6, 6.07) is 22.6. The lowest BCUT2D eigenvalue weighted by Gasteiger charge is -2.34. The van der Waals surface area contributed by atoms with Crippen molar-refractivity contribution in [1.29, 1.82) is 0 Å². The fraction of sp³-hybridized carbons (Fsp3) is 0.475. The second-order valence-electron chi connectivity index (χ2n) is 16.0. The number of ether oxygens (including phenoxy) is 6. The van der Waals surface area contributed by atoms with Gasteiger partial charge in [0.25, 0.3) is 0 Å². The minimum atomic E-state index is -7.43. The quantitative estimate of drug-likeness (QED) is 0.0468. The van der Waals surface area contributed by atoms with Crippen molar-refractivity contribution in [3.05, 3.63) is 72.8 Å². The molecule has 0 bridgehead atoms. The van der Waals surface area contributed by atoms with Crippen molar-refractivity contribution in [3.8, 4) is 17.2 Å². The first-order valence-corrected chi connectivity index (χ1v) is 20.7. The highest BCUT2D eigenvalue weighted by Gasteiger charge is 2.83. The number of esters is 3. The number of carbonyl (C=O) groups excluding carboxylic acids is 3. The molecule has 0 heterocycles. The number of hydrogen-bond acceptors (Lipinski definition) is 12. The van der Waals surface area contributed by atoms with Crippen LogP contribution in [0.1, 0.15) is 62.3 Å². The van der Waals surface area contributed by atoms with Crippen LogP contribution in [0.3, 0.4) is 0 Å². The molecule has 63 heavy (non-hydrogen) atoms. The average Bonchev–Trinajstić information content (AvgIpc) is 3.11. The van der Waals surface area contributed by atoms with Gasteiger partial charge in [-0.15, -0.1) is 0 Å². The van der Waals surface area contributed by atoms with Gasteiger partial charge < -0.3 is 33.0 Å². The Bertz CT molecular complexity index is 1930. The predicted molar refractivity (Wildman–Crippen MR) is 206 cm³/mol. The van der Waals surface area contributed by atoms with Crippen molar-refractivity contribution in [2.75, 3.05) is 19.8 Å². The van der Waals surface area contributed by atoms with Crippen molar-refractivity contribution in [3.63, 3.8) is 0 Å². The van der Waals surface area contributed by atoms with E-state index >= 15 is 0 Å². The first kappa shape index (κ1) is 54.2. The third kappa shape index (κ3) is 16.3. The molecule has 0 aliphatic heterocycles. The SMILES string of the molecule is CC(C)(C)OC(=O)COc1ccc([S+](c2ccc(OCC(=O)OC(C)(C)C)cc2)c2ccc(OCC(=O)OC(C)(C)C)cc2)cc1.O=S(=O)([O-])C(F)(F)C(F)(F)C(F)(F)C(F)(F)F. The molecule has 0 amide bonds. The number of carbonyl (C=O) groups is 3. The molecule has 3 aromatic carbocycles. The second-order valence-corrected chi connectivity index (χ2v) is 19.4. The maximum absolute atomic E-state index is 12.2. The highest BCUT2D eigenvalue weighted by atomic mass is 32.2. The van der Waals surface area contributed by atoms with Gasteiger partial charge in [0.2, 0.25) is 0 Å². The smallest absolute Gasteiger partial charge is 0.460 e. The van der Waals surface area contributed by atoms with E-state index in [0.29, 0.717) is 17.2 Å². The number of benzene rings is 3. The van der Waals surface area contributed by atoms with Crippen LogP contribution in [0.15, 0.2) is 87.5 Å². The topological polar surface area (TPSA) is 164 Å². The van der Waals surface area contributed by atoms with E-state index in [2.05, 4.69) is 0 Å². The summed E-state index contributed by atoms with van der Waals surface area (Å²) in [5, 5.41) is -7.11. The zero-order chi connectivity index (χ0) is 48.6. The van der Waals surface area contributed by atoms with Gasteiger partial charge in [0, 0.05) is 0 Å². The Morgan fingerprint density at radius 3 is 0.905 bits per heavy atom. The van der Waals surface area contributed by atoms with Crippen LogP contribution in [0.2, 0.25) is 0 Å². The lowest BCUT2D eigenvalue weighted by molar-refractivity contribution is -0.382. The summed E-state index contributed by atoms with van der Waals surface area (Å²) in [4.78, 5) is 39.3. The molecule has 23 heteroatoms. The van der Waals surface area contributed by atoms with Crippen molar-refractivity contribution < 1.29 is 95.3 Å². The Balaban J connectivity index is 0.000000677. The van der Waals surface area contributed by atoms with Crippen LogP contribution in [0, 0.1) is 0 Å². The summed E-state index contributed by atoms with van der Waals surface area (Å²) in [6.45, 7) is 15.7. The van der Waals surface area contributed by atoms with Crippen LogP contribution in [0.5, 0.6) is 17.2 Å². The molecular formula is C40H45F9O12S2. The van der Waals surface area contributed by atoms with E-state index in [1.165, 1.54) is 0 Å². The lowest BCUT2D eigenvalue weighted by atomic mass is 10.1. The van der Waals surface area contributed by atoms with Crippen molar-refractivity contribution in [1.82, 2.24) is 0 Å². The molecule has 352 valence electrons. The van der Waals surface area contributed by atoms with Gasteiger partial charge in [-0.3, -0.25) is 0 Å². The summed E-state index contributed by atoms with van der Waals surface area (Å²) in [7, 11) is -7.98. The summed E-state index contributed by atoms with van der Waals surface area (Å²) in [6.07, 6.45) is -7.16. The van der Waals surface area contributed by atoms with Gasteiger partial charge in [-0.25, -0.2) is 22.8 Å². The van der Waals surface area contributed by atoms with E-state index in [1.807, 2.05) is 72.8 Å².